The van der Waals surface area contributed by atoms with Gasteiger partial charge >= 0.3 is 17.7 Å². The zero-order chi connectivity index (χ0) is 23.5. The summed E-state index contributed by atoms with van der Waals surface area (Å²) in [7, 11) is 0. The predicted molar refractivity (Wildman–Crippen MR) is 116 cm³/mol. The second-order valence-electron chi connectivity index (χ2n) is 7.61. The molecule has 8 nitrogen and oxygen atoms in total. The minimum absolute atomic E-state index is 0.0123. The van der Waals surface area contributed by atoms with Gasteiger partial charge in [-0.3, -0.25) is 10.1 Å². The van der Waals surface area contributed by atoms with Gasteiger partial charge in [0.2, 0.25) is 5.82 Å². The Labute approximate surface area is 187 Å². The monoisotopic (exact) mass is 450 g/mol. The normalized spacial score (nSPS) is 13.0. The molecule has 4 rings (SSSR count). The first kappa shape index (κ1) is 21.9. The fourth-order valence-corrected chi connectivity index (χ4v) is 4.04. The summed E-state index contributed by atoms with van der Waals surface area (Å²) in [4.78, 5) is 33.9. The Kier molecular flexibility index (Phi) is 6.03. The van der Waals surface area contributed by atoms with Gasteiger partial charge in [-0.15, -0.1) is 0 Å². The average Bonchev–Trinajstić information content (AvgIpc) is 3.11. The number of carbonyl (C=O) groups excluding carboxylic acids is 1. The average molecular weight is 450 g/mol. The molecule has 1 amide bonds. The third kappa shape index (κ3) is 4.52. The summed E-state index contributed by atoms with van der Waals surface area (Å²) in [6.45, 7) is 0.0123. The number of amides is 1. The summed E-state index contributed by atoms with van der Waals surface area (Å²) >= 11 is 0. The number of ether oxygens (including phenoxy) is 1. The number of benzene rings is 3. The van der Waals surface area contributed by atoms with Crippen LogP contribution in [-0.4, -0.2) is 34.7 Å². The highest BCUT2D eigenvalue weighted by Crippen LogP contribution is 2.44. The number of hydrogen-bond donors (Lipinski definition) is 2. The number of nitrogens with one attached hydrogen (secondary N) is 1. The molecule has 1 atom stereocenters. The Bertz CT molecular complexity index is 1200. The summed E-state index contributed by atoms with van der Waals surface area (Å²) in [5, 5.41) is 22.5. The molecule has 0 saturated carbocycles. The van der Waals surface area contributed by atoms with E-state index >= 15 is 0 Å². The number of carbonyl (C=O) groups is 2. The van der Waals surface area contributed by atoms with Crippen molar-refractivity contribution >= 4 is 17.7 Å². The van der Waals surface area contributed by atoms with Crippen LogP contribution in [0.5, 0.6) is 0 Å². The highest BCUT2D eigenvalue weighted by atomic mass is 19.1. The molecule has 0 aromatic heterocycles. The highest BCUT2D eigenvalue weighted by Gasteiger charge is 2.30. The number of nitro benzene ring substituents is 1. The largest absolute Gasteiger partial charge is 0.480 e. The van der Waals surface area contributed by atoms with E-state index in [9.17, 15) is 29.2 Å². The van der Waals surface area contributed by atoms with E-state index in [-0.39, 0.29) is 24.5 Å². The van der Waals surface area contributed by atoms with Crippen LogP contribution in [0, 0.1) is 15.9 Å². The third-order valence-corrected chi connectivity index (χ3v) is 5.58. The van der Waals surface area contributed by atoms with E-state index in [1.165, 1.54) is 6.07 Å². The molecule has 3 aromatic carbocycles. The number of carboxylic acids is 1. The number of aliphatic carboxylic acids is 1. The first-order valence-corrected chi connectivity index (χ1v) is 10.1. The second-order valence-corrected chi connectivity index (χ2v) is 7.61. The lowest BCUT2D eigenvalue weighted by Crippen LogP contribution is -2.42. The lowest BCUT2D eigenvalue weighted by molar-refractivity contribution is -0.387. The van der Waals surface area contributed by atoms with Crippen molar-refractivity contribution in [1.29, 1.82) is 0 Å². The van der Waals surface area contributed by atoms with Crippen LogP contribution in [0.25, 0.3) is 11.1 Å². The zero-order valence-corrected chi connectivity index (χ0v) is 17.2. The number of nitro groups is 1. The zero-order valence-electron chi connectivity index (χ0n) is 17.2. The van der Waals surface area contributed by atoms with Crippen LogP contribution < -0.4 is 5.32 Å². The Hall–Kier alpha value is -4.27. The van der Waals surface area contributed by atoms with Crippen LogP contribution in [-0.2, 0) is 16.0 Å². The number of fused-ring (bicyclic) bond motifs is 3. The van der Waals surface area contributed by atoms with Gasteiger partial charge in [0.15, 0.2) is 0 Å². The van der Waals surface area contributed by atoms with Crippen molar-refractivity contribution in [2.45, 2.75) is 18.4 Å². The molecule has 1 aliphatic rings. The molecule has 2 N–H and O–H groups in total. The van der Waals surface area contributed by atoms with Crippen LogP contribution in [0.2, 0.25) is 0 Å². The second kappa shape index (κ2) is 9.07. The number of alkyl carbamates (subject to hydrolysis) is 1. The van der Waals surface area contributed by atoms with E-state index in [2.05, 4.69) is 5.32 Å². The van der Waals surface area contributed by atoms with Gasteiger partial charge in [0, 0.05) is 18.4 Å². The Morgan fingerprint density at radius 1 is 1.06 bits per heavy atom. The van der Waals surface area contributed by atoms with Crippen molar-refractivity contribution in [2.75, 3.05) is 6.61 Å². The molecule has 0 bridgehead atoms. The van der Waals surface area contributed by atoms with Gasteiger partial charge in [0.1, 0.15) is 12.6 Å². The topological polar surface area (TPSA) is 119 Å². The summed E-state index contributed by atoms with van der Waals surface area (Å²) in [6.07, 6.45) is -1.19. The third-order valence-electron chi connectivity index (χ3n) is 5.58. The van der Waals surface area contributed by atoms with Crippen LogP contribution >= 0.6 is 0 Å². The first-order valence-electron chi connectivity index (χ1n) is 10.1. The van der Waals surface area contributed by atoms with Gasteiger partial charge in [0.05, 0.1) is 4.92 Å². The molecule has 0 fully saturated rings. The first-order chi connectivity index (χ1) is 15.8. The number of carboxylic acid groups (broad SMARTS) is 1. The van der Waals surface area contributed by atoms with Crippen LogP contribution in [0.3, 0.4) is 0 Å². The Morgan fingerprint density at radius 3 is 2.21 bits per heavy atom. The minimum Gasteiger partial charge on any atom is -0.480 e. The van der Waals surface area contributed by atoms with Gasteiger partial charge in [-0.05, 0) is 33.9 Å². The summed E-state index contributed by atoms with van der Waals surface area (Å²) in [5.41, 5.74) is 3.63. The minimum atomic E-state index is -1.40. The van der Waals surface area contributed by atoms with E-state index in [0.717, 1.165) is 34.4 Å². The summed E-state index contributed by atoms with van der Waals surface area (Å²) < 4.78 is 19.2. The molecule has 0 aliphatic heterocycles. The molecule has 168 valence electrons. The predicted octanol–water partition coefficient (Wildman–Crippen LogP) is 4.27. The van der Waals surface area contributed by atoms with Gasteiger partial charge < -0.3 is 15.2 Å². The number of nitrogens with zero attached hydrogens (tertiary/aromatic N) is 1. The van der Waals surface area contributed by atoms with Crippen molar-refractivity contribution in [1.82, 2.24) is 5.32 Å². The molecular weight excluding hydrogens is 431 g/mol. The molecule has 1 unspecified atom stereocenters. The van der Waals surface area contributed by atoms with E-state index in [1.54, 1.807) is 0 Å². The smallest absolute Gasteiger partial charge is 0.407 e. The van der Waals surface area contributed by atoms with E-state index in [4.69, 9.17) is 4.74 Å². The molecule has 0 radical (unpaired) electrons. The summed E-state index contributed by atoms with van der Waals surface area (Å²) in [6, 6.07) is 17.3. The van der Waals surface area contributed by atoms with Gasteiger partial charge in [-0.1, -0.05) is 54.6 Å². The number of halogens is 1. The fourth-order valence-electron chi connectivity index (χ4n) is 4.04. The van der Waals surface area contributed by atoms with Crippen molar-refractivity contribution in [3.05, 3.63) is 99.4 Å². The van der Waals surface area contributed by atoms with E-state index < -0.39 is 34.5 Å². The molecule has 0 saturated heterocycles. The molecule has 0 spiro atoms. The van der Waals surface area contributed by atoms with Crippen molar-refractivity contribution in [2.24, 2.45) is 0 Å². The van der Waals surface area contributed by atoms with E-state index in [1.807, 2.05) is 48.5 Å². The Balaban J connectivity index is 1.43. The molecule has 3 aromatic rings. The maximum atomic E-state index is 13.8. The summed E-state index contributed by atoms with van der Waals surface area (Å²) in [5.74, 6) is -2.61. The van der Waals surface area contributed by atoms with Crippen molar-refractivity contribution < 1.29 is 28.7 Å². The molecule has 0 heterocycles. The van der Waals surface area contributed by atoms with Crippen molar-refractivity contribution in [3.8, 4) is 11.1 Å². The lowest BCUT2D eigenvalue weighted by Gasteiger charge is -2.17. The SMILES string of the molecule is O=C(NC(Cc1ccc([N+](=O)[O-])c(F)c1)C(=O)O)OCC1c2ccccc2-c2ccccc21. The quantitative estimate of drug-likeness (QED) is 0.410. The molecular formula is C24H19FN2O6. The number of hydrogen-bond acceptors (Lipinski definition) is 5. The molecule has 1 aliphatic carbocycles. The lowest BCUT2D eigenvalue weighted by atomic mass is 9.98. The molecule has 33 heavy (non-hydrogen) atoms. The maximum Gasteiger partial charge on any atom is 0.407 e. The number of rotatable bonds is 7. The van der Waals surface area contributed by atoms with Crippen molar-refractivity contribution in [3.63, 3.8) is 0 Å². The van der Waals surface area contributed by atoms with E-state index in [0.29, 0.717) is 0 Å². The van der Waals surface area contributed by atoms with Crippen LogP contribution in [0.15, 0.2) is 66.7 Å². The van der Waals surface area contributed by atoms with Crippen LogP contribution in [0.1, 0.15) is 22.6 Å². The van der Waals surface area contributed by atoms with Gasteiger partial charge in [-0.25, -0.2) is 9.59 Å². The standard InChI is InChI=1S/C24H19FN2O6/c25-20-11-14(9-10-22(20)27(31)32)12-21(23(28)29)26-24(30)33-13-19-17-7-3-1-5-15(17)16-6-2-4-8-18(16)19/h1-11,19,21H,12-13H2,(H,26,30)(H,28,29). The molecule has 9 heteroatoms. The maximum absolute atomic E-state index is 13.8. The highest BCUT2D eigenvalue weighted by molar-refractivity contribution is 5.81. The van der Waals surface area contributed by atoms with Crippen LogP contribution in [0.4, 0.5) is 14.9 Å². The fraction of sp³-hybridized carbons (Fsp3) is 0.167. The van der Waals surface area contributed by atoms with Gasteiger partial charge in [0.25, 0.3) is 0 Å². The Morgan fingerprint density at radius 2 is 1.67 bits per heavy atom. The van der Waals surface area contributed by atoms with Gasteiger partial charge in [-0.2, -0.15) is 4.39 Å².